The van der Waals surface area contributed by atoms with Crippen molar-refractivity contribution in [3.05, 3.63) is 42.1 Å². The van der Waals surface area contributed by atoms with Crippen molar-refractivity contribution in [1.82, 2.24) is 4.98 Å². The standard InChI is InChI=1S/C13H15NO2S/c15-12(6-8-17)13(16)10-3-1-5-11-9(10)4-2-7-14-11/h1-5,7,12-13,15-17H,6,8H2. The van der Waals surface area contributed by atoms with E-state index in [-0.39, 0.29) is 0 Å². The molecule has 4 heteroatoms. The summed E-state index contributed by atoms with van der Waals surface area (Å²) in [5, 5.41) is 20.8. The summed E-state index contributed by atoms with van der Waals surface area (Å²) < 4.78 is 0. The summed E-state index contributed by atoms with van der Waals surface area (Å²) >= 11 is 4.06. The van der Waals surface area contributed by atoms with Gasteiger partial charge in [0.1, 0.15) is 6.10 Å². The third kappa shape index (κ3) is 2.60. The molecule has 0 amide bonds. The van der Waals surface area contributed by atoms with Crippen LogP contribution < -0.4 is 0 Å². The molecule has 0 saturated carbocycles. The van der Waals surface area contributed by atoms with Gasteiger partial charge in [0.2, 0.25) is 0 Å². The van der Waals surface area contributed by atoms with Crippen LogP contribution >= 0.6 is 12.6 Å². The summed E-state index contributed by atoms with van der Waals surface area (Å²) in [5.41, 5.74) is 1.53. The Morgan fingerprint density at radius 1 is 1.18 bits per heavy atom. The molecule has 0 bridgehead atoms. The number of aromatic nitrogens is 1. The lowest BCUT2D eigenvalue weighted by Crippen LogP contribution is -2.18. The van der Waals surface area contributed by atoms with Gasteiger partial charge in [-0.25, -0.2) is 0 Å². The molecule has 1 aromatic carbocycles. The number of hydrogen-bond acceptors (Lipinski definition) is 4. The first-order chi connectivity index (χ1) is 8.24. The van der Waals surface area contributed by atoms with E-state index in [9.17, 15) is 10.2 Å². The maximum atomic E-state index is 10.1. The number of fused-ring (bicyclic) bond motifs is 1. The van der Waals surface area contributed by atoms with Crippen molar-refractivity contribution in [2.24, 2.45) is 0 Å². The largest absolute Gasteiger partial charge is 0.390 e. The van der Waals surface area contributed by atoms with Crippen LogP contribution in [0.2, 0.25) is 0 Å². The van der Waals surface area contributed by atoms with E-state index in [4.69, 9.17) is 0 Å². The van der Waals surface area contributed by atoms with Crippen molar-refractivity contribution in [3.63, 3.8) is 0 Å². The maximum absolute atomic E-state index is 10.1. The van der Waals surface area contributed by atoms with Gasteiger partial charge in [-0.2, -0.15) is 12.6 Å². The smallest absolute Gasteiger partial charge is 0.106 e. The number of hydrogen-bond donors (Lipinski definition) is 3. The number of benzene rings is 1. The van der Waals surface area contributed by atoms with E-state index in [0.717, 1.165) is 10.9 Å². The molecule has 0 aliphatic heterocycles. The summed E-state index contributed by atoms with van der Waals surface area (Å²) in [5.74, 6) is 0.543. The molecule has 0 spiro atoms. The van der Waals surface area contributed by atoms with Gasteiger partial charge in [0.05, 0.1) is 11.6 Å². The molecule has 1 aromatic heterocycles. The van der Waals surface area contributed by atoms with Crippen LogP contribution in [0.1, 0.15) is 18.1 Å². The Morgan fingerprint density at radius 2 is 2.00 bits per heavy atom. The Hall–Kier alpha value is -1.10. The summed E-state index contributed by atoms with van der Waals surface area (Å²) in [7, 11) is 0. The number of rotatable bonds is 4. The van der Waals surface area contributed by atoms with E-state index in [2.05, 4.69) is 17.6 Å². The number of pyridine rings is 1. The highest BCUT2D eigenvalue weighted by Crippen LogP contribution is 2.26. The van der Waals surface area contributed by atoms with Crippen LogP contribution in [0, 0.1) is 0 Å². The van der Waals surface area contributed by atoms with Gasteiger partial charge in [0.25, 0.3) is 0 Å². The van der Waals surface area contributed by atoms with Crippen LogP contribution in [0.4, 0.5) is 0 Å². The number of thiol groups is 1. The van der Waals surface area contributed by atoms with Crippen molar-refractivity contribution in [2.75, 3.05) is 5.75 Å². The van der Waals surface area contributed by atoms with E-state index in [1.54, 1.807) is 6.20 Å². The summed E-state index contributed by atoms with van der Waals surface area (Å²) in [6.45, 7) is 0. The molecule has 0 saturated heterocycles. The average Bonchev–Trinajstić information content (AvgIpc) is 2.37. The second-order valence-electron chi connectivity index (χ2n) is 3.94. The molecule has 0 aliphatic carbocycles. The zero-order valence-corrected chi connectivity index (χ0v) is 10.2. The van der Waals surface area contributed by atoms with Crippen molar-refractivity contribution >= 4 is 23.5 Å². The van der Waals surface area contributed by atoms with Gasteiger partial charge in [-0.3, -0.25) is 4.98 Å². The predicted octanol–water partition coefficient (Wildman–Crippen LogP) is 1.95. The molecule has 0 fully saturated rings. The Morgan fingerprint density at radius 3 is 2.76 bits per heavy atom. The van der Waals surface area contributed by atoms with Crippen LogP contribution in [0.15, 0.2) is 36.5 Å². The van der Waals surface area contributed by atoms with Gasteiger partial charge in [-0.1, -0.05) is 18.2 Å². The fourth-order valence-electron chi connectivity index (χ4n) is 1.88. The molecule has 1 heterocycles. The molecule has 2 N–H and O–H groups in total. The quantitative estimate of drug-likeness (QED) is 0.726. The second kappa shape index (κ2) is 5.49. The normalized spacial score (nSPS) is 14.8. The lowest BCUT2D eigenvalue weighted by Gasteiger charge is -2.18. The Kier molecular flexibility index (Phi) is 3.99. The zero-order valence-electron chi connectivity index (χ0n) is 9.32. The van der Waals surface area contributed by atoms with Crippen LogP contribution in [0.5, 0.6) is 0 Å². The zero-order chi connectivity index (χ0) is 12.3. The molecule has 3 nitrogen and oxygen atoms in total. The van der Waals surface area contributed by atoms with E-state index in [1.165, 1.54) is 0 Å². The third-order valence-electron chi connectivity index (χ3n) is 2.79. The van der Waals surface area contributed by atoms with Crippen molar-refractivity contribution in [1.29, 1.82) is 0 Å². The Bertz CT molecular complexity index is 498. The van der Waals surface area contributed by atoms with E-state index in [0.29, 0.717) is 17.7 Å². The molecule has 90 valence electrons. The van der Waals surface area contributed by atoms with Gasteiger partial charge in [0, 0.05) is 11.6 Å². The monoisotopic (exact) mass is 249 g/mol. The van der Waals surface area contributed by atoms with E-state index < -0.39 is 12.2 Å². The second-order valence-corrected chi connectivity index (χ2v) is 4.39. The highest BCUT2D eigenvalue weighted by molar-refractivity contribution is 7.80. The molecule has 2 aromatic rings. The van der Waals surface area contributed by atoms with Crippen LogP contribution in [0.25, 0.3) is 10.9 Å². The summed E-state index contributed by atoms with van der Waals surface area (Å²) in [6.07, 6.45) is 0.484. The number of aliphatic hydroxyl groups is 2. The molecule has 0 radical (unpaired) electrons. The van der Waals surface area contributed by atoms with E-state index in [1.807, 2.05) is 30.3 Å². The van der Waals surface area contributed by atoms with Crippen LogP contribution in [-0.2, 0) is 0 Å². The fourth-order valence-corrected chi connectivity index (χ4v) is 2.15. The fraction of sp³-hybridized carbons (Fsp3) is 0.308. The summed E-state index contributed by atoms with van der Waals surface area (Å²) in [6, 6.07) is 9.26. The first-order valence-corrected chi connectivity index (χ1v) is 6.18. The number of nitrogens with zero attached hydrogens (tertiary/aromatic N) is 1. The number of aliphatic hydroxyl groups excluding tert-OH is 2. The van der Waals surface area contributed by atoms with Gasteiger partial charge >= 0.3 is 0 Å². The molecule has 2 rings (SSSR count). The molecule has 2 unspecified atom stereocenters. The minimum absolute atomic E-state index is 0.459. The van der Waals surface area contributed by atoms with Crippen molar-refractivity contribution in [2.45, 2.75) is 18.6 Å². The minimum Gasteiger partial charge on any atom is -0.390 e. The molecular formula is C13H15NO2S. The average molecular weight is 249 g/mol. The topological polar surface area (TPSA) is 53.4 Å². The van der Waals surface area contributed by atoms with Gasteiger partial charge in [0.15, 0.2) is 0 Å². The van der Waals surface area contributed by atoms with Gasteiger partial charge < -0.3 is 10.2 Å². The minimum atomic E-state index is -0.893. The van der Waals surface area contributed by atoms with Crippen molar-refractivity contribution in [3.8, 4) is 0 Å². The first-order valence-electron chi connectivity index (χ1n) is 5.54. The van der Waals surface area contributed by atoms with Gasteiger partial charge in [-0.15, -0.1) is 0 Å². The molecule has 0 aliphatic rings. The SMILES string of the molecule is OC(CCS)C(O)c1cccc2ncccc12. The molecular weight excluding hydrogens is 234 g/mol. The van der Waals surface area contributed by atoms with Crippen molar-refractivity contribution < 1.29 is 10.2 Å². The van der Waals surface area contributed by atoms with Crippen LogP contribution in [0.3, 0.4) is 0 Å². The van der Waals surface area contributed by atoms with Crippen LogP contribution in [-0.4, -0.2) is 27.1 Å². The van der Waals surface area contributed by atoms with Gasteiger partial charge in [-0.05, 0) is 29.9 Å². The maximum Gasteiger partial charge on any atom is 0.106 e. The summed E-state index contributed by atoms with van der Waals surface area (Å²) in [4.78, 5) is 4.22. The third-order valence-corrected chi connectivity index (χ3v) is 3.05. The Labute approximate surface area is 106 Å². The predicted molar refractivity (Wildman–Crippen MR) is 71.2 cm³/mol. The molecule has 17 heavy (non-hydrogen) atoms. The highest BCUT2D eigenvalue weighted by atomic mass is 32.1. The molecule has 2 atom stereocenters. The first kappa shape index (κ1) is 12.4. The lowest BCUT2D eigenvalue weighted by atomic mass is 9.98. The lowest BCUT2D eigenvalue weighted by molar-refractivity contribution is 0.0181. The van der Waals surface area contributed by atoms with E-state index >= 15 is 0 Å². The highest BCUT2D eigenvalue weighted by Gasteiger charge is 2.19. The Balaban J connectivity index is 2.41.